The van der Waals surface area contributed by atoms with E-state index in [4.69, 9.17) is 0 Å². The molecule has 126 valence electrons. The van der Waals surface area contributed by atoms with Gasteiger partial charge in [-0.2, -0.15) is 0 Å². The second kappa shape index (κ2) is 6.57. The van der Waals surface area contributed by atoms with Gasteiger partial charge >= 0.3 is 0 Å². The van der Waals surface area contributed by atoms with Gasteiger partial charge in [0.15, 0.2) is 0 Å². The standard InChI is InChI=1S/C16H22FN3O2S/c1-12-5-6-14-15(10-12)19-16(18-14)13-4-2-8-20(11-13)23(21,22)9-3-7-17/h5-6,10,13H,2-4,7-9,11H2,1H3,(H,18,19)/t13-/m0/s1. The van der Waals surface area contributed by atoms with Gasteiger partial charge in [-0.3, -0.25) is 4.39 Å². The number of aromatic amines is 1. The number of aryl methyl sites for hydroxylation is 1. The van der Waals surface area contributed by atoms with Crippen LogP contribution >= 0.6 is 0 Å². The number of nitrogens with one attached hydrogen (secondary N) is 1. The Hall–Kier alpha value is -1.47. The predicted octanol–water partition coefficient (Wildman–Crippen LogP) is 2.74. The third-order valence-electron chi connectivity index (χ3n) is 4.36. The number of benzene rings is 1. The van der Waals surface area contributed by atoms with E-state index in [1.807, 2.05) is 25.1 Å². The van der Waals surface area contributed by atoms with E-state index in [1.54, 1.807) is 0 Å². The third kappa shape index (κ3) is 3.55. The zero-order chi connectivity index (χ0) is 16.4. The van der Waals surface area contributed by atoms with Crippen LogP contribution in [0.1, 0.15) is 36.6 Å². The summed E-state index contributed by atoms with van der Waals surface area (Å²) >= 11 is 0. The van der Waals surface area contributed by atoms with Crippen LogP contribution in [0.25, 0.3) is 11.0 Å². The third-order valence-corrected chi connectivity index (χ3v) is 6.28. The van der Waals surface area contributed by atoms with E-state index in [0.29, 0.717) is 13.1 Å². The van der Waals surface area contributed by atoms with Crippen molar-refractivity contribution in [3.63, 3.8) is 0 Å². The average Bonchev–Trinajstić information content (AvgIpc) is 2.96. The van der Waals surface area contributed by atoms with E-state index in [-0.39, 0.29) is 18.1 Å². The summed E-state index contributed by atoms with van der Waals surface area (Å²) in [6, 6.07) is 6.04. The van der Waals surface area contributed by atoms with Crippen molar-refractivity contribution in [1.82, 2.24) is 14.3 Å². The van der Waals surface area contributed by atoms with Gasteiger partial charge in [-0.25, -0.2) is 17.7 Å². The van der Waals surface area contributed by atoms with Gasteiger partial charge in [0.25, 0.3) is 0 Å². The summed E-state index contributed by atoms with van der Waals surface area (Å²) in [5, 5.41) is 0. The molecule has 0 unspecified atom stereocenters. The average molecular weight is 339 g/mol. The lowest BCUT2D eigenvalue weighted by Gasteiger charge is -2.30. The molecule has 0 radical (unpaired) electrons. The topological polar surface area (TPSA) is 66.1 Å². The minimum atomic E-state index is -3.37. The Balaban J connectivity index is 1.79. The molecule has 1 saturated heterocycles. The minimum Gasteiger partial charge on any atom is -0.342 e. The van der Waals surface area contributed by atoms with E-state index in [1.165, 1.54) is 4.31 Å². The Morgan fingerprint density at radius 3 is 3.04 bits per heavy atom. The Morgan fingerprint density at radius 2 is 2.26 bits per heavy atom. The summed E-state index contributed by atoms with van der Waals surface area (Å²) in [5.74, 6) is 0.794. The fourth-order valence-corrected chi connectivity index (χ4v) is 4.67. The number of halogens is 1. The molecule has 1 aromatic carbocycles. The predicted molar refractivity (Wildman–Crippen MR) is 88.8 cm³/mol. The van der Waals surface area contributed by atoms with Crippen LogP contribution in [-0.4, -0.2) is 48.2 Å². The molecule has 2 aromatic rings. The lowest BCUT2D eigenvalue weighted by molar-refractivity contribution is 0.309. The first-order chi connectivity index (χ1) is 11.0. The largest absolute Gasteiger partial charge is 0.342 e. The van der Waals surface area contributed by atoms with Gasteiger partial charge in [0.2, 0.25) is 10.0 Å². The summed E-state index contributed by atoms with van der Waals surface area (Å²) in [6.45, 7) is 2.37. The second-order valence-electron chi connectivity index (χ2n) is 6.20. The van der Waals surface area contributed by atoms with E-state index >= 15 is 0 Å². The van der Waals surface area contributed by atoms with Crippen LogP contribution in [0.3, 0.4) is 0 Å². The number of H-pyrrole nitrogens is 1. The van der Waals surface area contributed by atoms with Crippen LogP contribution in [0.2, 0.25) is 0 Å². The summed E-state index contributed by atoms with van der Waals surface area (Å²) in [7, 11) is -3.37. The first-order valence-electron chi connectivity index (χ1n) is 7.99. The summed E-state index contributed by atoms with van der Waals surface area (Å²) < 4.78 is 38.3. The van der Waals surface area contributed by atoms with Crippen LogP contribution in [0.4, 0.5) is 4.39 Å². The molecule has 0 saturated carbocycles. The molecule has 1 atom stereocenters. The van der Waals surface area contributed by atoms with Crippen LogP contribution in [0.5, 0.6) is 0 Å². The number of rotatable bonds is 5. The molecule has 3 rings (SSSR count). The number of imidazole rings is 1. The Kier molecular flexibility index (Phi) is 4.68. The zero-order valence-corrected chi connectivity index (χ0v) is 14.1. The number of hydrogen-bond acceptors (Lipinski definition) is 3. The van der Waals surface area contributed by atoms with Crippen LogP contribution in [0.15, 0.2) is 18.2 Å². The second-order valence-corrected chi connectivity index (χ2v) is 8.29. The molecule has 0 spiro atoms. The number of sulfonamides is 1. The van der Waals surface area contributed by atoms with Gasteiger partial charge in [-0.05, 0) is 43.9 Å². The fourth-order valence-electron chi connectivity index (χ4n) is 3.12. The molecule has 0 amide bonds. The first-order valence-corrected chi connectivity index (χ1v) is 9.60. The lowest BCUT2D eigenvalue weighted by atomic mass is 9.99. The number of aromatic nitrogens is 2. The van der Waals surface area contributed by atoms with Crippen LogP contribution < -0.4 is 0 Å². The SMILES string of the molecule is Cc1ccc2nc([C@H]3CCCN(S(=O)(=O)CCCF)C3)[nH]c2c1. The van der Waals surface area contributed by atoms with Crippen molar-refractivity contribution < 1.29 is 12.8 Å². The Bertz CT molecular complexity index is 788. The molecule has 1 aliphatic rings. The molecule has 1 N–H and O–H groups in total. The van der Waals surface area contributed by atoms with Crippen molar-refractivity contribution in [2.24, 2.45) is 0 Å². The number of piperidine rings is 1. The monoisotopic (exact) mass is 339 g/mol. The smallest absolute Gasteiger partial charge is 0.214 e. The maximum absolute atomic E-state index is 12.3. The molecule has 1 fully saturated rings. The van der Waals surface area contributed by atoms with Crippen molar-refractivity contribution in [2.45, 2.75) is 32.1 Å². The highest BCUT2D eigenvalue weighted by Gasteiger charge is 2.30. The lowest BCUT2D eigenvalue weighted by Crippen LogP contribution is -2.40. The van der Waals surface area contributed by atoms with Crippen molar-refractivity contribution in [3.8, 4) is 0 Å². The number of nitrogens with zero attached hydrogens (tertiary/aromatic N) is 2. The maximum Gasteiger partial charge on any atom is 0.214 e. The summed E-state index contributed by atoms with van der Waals surface area (Å²) in [4.78, 5) is 7.95. The Morgan fingerprint density at radius 1 is 1.43 bits per heavy atom. The first kappa shape index (κ1) is 16.4. The van der Waals surface area contributed by atoms with E-state index in [0.717, 1.165) is 35.3 Å². The Labute approximate surface area is 136 Å². The van der Waals surface area contributed by atoms with Gasteiger partial charge in [-0.1, -0.05) is 6.07 Å². The molecule has 0 aliphatic carbocycles. The van der Waals surface area contributed by atoms with E-state index < -0.39 is 16.7 Å². The highest BCUT2D eigenvalue weighted by Crippen LogP contribution is 2.28. The van der Waals surface area contributed by atoms with E-state index in [9.17, 15) is 12.8 Å². The molecular formula is C16H22FN3O2S. The van der Waals surface area contributed by atoms with Crippen molar-refractivity contribution in [1.29, 1.82) is 0 Å². The molecule has 7 heteroatoms. The summed E-state index contributed by atoms with van der Waals surface area (Å²) in [6.07, 6.45) is 1.77. The van der Waals surface area contributed by atoms with Crippen molar-refractivity contribution in [2.75, 3.05) is 25.5 Å². The summed E-state index contributed by atoms with van der Waals surface area (Å²) in [5.41, 5.74) is 3.05. The number of fused-ring (bicyclic) bond motifs is 1. The fraction of sp³-hybridized carbons (Fsp3) is 0.562. The highest BCUT2D eigenvalue weighted by molar-refractivity contribution is 7.89. The normalized spacial score (nSPS) is 20.2. The van der Waals surface area contributed by atoms with Crippen LogP contribution in [-0.2, 0) is 10.0 Å². The molecule has 23 heavy (non-hydrogen) atoms. The van der Waals surface area contributed by atoms with Crippen molar-refractivity contribution >= 4 is 21.1 Å². The van der Waals surface area contributed by atoms with Crippen molar-refractivity contribution in [3.05, 3.63) is 29.6 Å². The van der Waals surface area contributed by atoms with Gasteiger partial charge in [0.05, 0.1) is 23.5 Å². The quantitative estimate of drug-likeness (QED) is 0.911. The molecule has 1 aliphatic heterocycles. The number of alkyl halides is 1. The molecule has 2 heterocycles. The van der Waals surface area contributed by atoms with Gasteiger partial charge in [0, 0.05) is 19.0 Å². The van der Waals surface area contributed by atoms with Crippen LogP contribution in [0, 0.1) is 6.92 Å². The van der Waals surface area contributed by atoms with Gasteiger partial charge in [0.1, 0.15) is 5.82 Å². The molecular weight excluding hydrogens is 317 g/mol. The highest BCUT2D eigenvalue weighted by atomic mass is 32.2. The molecule has 1 aromatic heterocycles. The van der Waals surface area contributed by atoms with E-state index in [2.05, 4.69) is 9.97 Å². The van der Waals surface area contributed by atoms with Gasteiger partial charge in [-0.15, -0.1) is 0 Å². The zero-order valence-electron chi connectivity index (χ0n) is 13.3. The number of hydrogen-bond donors (Lipinski definition) is 1. The van der Waals surface area contributed by atoms with Gasteiger partial charge < -0.3 is 4.98 Å². The molecule has 5 nitrogen and oxygen atoms in total. The minimum absolute atomic E-state index is 0.0629. The maximum atomic E-state index is 12.3. The molecule has 0 bridgehead atoms.